The van der Waals surface area contributed by atoms with E-state index in [0.29, 0.717) is 23.6 Å². The zero-order valence-corrected chi connectivity index (χ0v) is 10.9. The van der Waals surface area contributed by atoms with Gasteiger partial charge in [-0.15, -0.1) is 0 Å². The van der Waals surface area contributed by atoms with E-state index < -0.39 is 0 Å². The second-order valence-electron chi connectivity index (χ2n) is 4.71. The minimum absolute atomic E-state index is 0.0306. The number of para-hydroxylation sites is 1. The van der Waals surface area contributed by atoms with Crippen LogP contribution < -0.4 is 5.73 Å². The molecule has 1 atom stereocenters. The van der Waals surface area contributed by atoms with Gasteiger partial charge in [-0.05, 0) is 18.1 Å². The normalized spacial score (nSPS) is 13.4. The Bertz CT molecular complexity index is 550. The lowest BCUT2D eigenvalue weighted by Gasteiger charge is -2.23. The molecule has 2 rings (SSSR count). The number of methoxy groups -OCH3 is 1. The van der Waals surface area contributed by atoms with Gasteiger partial charge < -0.3 is 15.0 Å². The van der Waals surface area contributed by atoms with Crippen molar-refractivity contribution in [2.24, 2.45) is 5.92 Å². The first-order valence-corrected chi connectivity index (χ1v) is 5.97. The van der Waals surface area contributed by atoms with Crippen molar-refractivity contribution in [3.63, 3.8) is 0 Å². The minimum atomic E-state index is -0.307. The van der Waals surface area contributed by atoms with Gasteiger partial charge >= 0.3 is 0 Å². The number of aromatic nitrogens is 2. The van der Waals surface area contributed by atoms with Gasteiger partial charge in [0.1, 0.15) is 11.3 Å². The number of nitrogens with two attached hydrogens (primary N) is 1. The molecule has 0 saturated carbocycles. The van der Waals surface area contributed by atoms with Gasteiger partial charge in [-0.2, -0.15) is 0 Å². The first kappa shape index (κ1) is 12.8. The molecule has 0 bridgehead atoms. The van der Waals surface area contributed by atoms with E-state index in [1.165, 1.54) is 6.07 Å². The third-order valence-corrected chi connectivity index (χ3v) is 3.13. The molecular formula is C13H18FN3O. The quantitative estimate of drug-likeness (QED) is 0.908. The van der Waals surface area contributed by atoms with Crippen LogP contribution in [0.1, 0.15) is 19.9 Å². The Kier molecular flexibility index (Phi) is 3.52. The molecule has 1 heterocycles. The van der Waals surface area contributed by atoms with E-state index in [4.69, 9.17) is 10.5 Å². The highest BCUT2D eigenvalue weighted by Crippen LogP contribution is 2.29. The summed E-state index contributed by atoms with van der Waals surface area (Å²) in [5.74, 6) is 0.286. The Morgan fingerprint density at radius 2 is 2.17 bits per heavy atom. The Hall–Kier alpha value is -1.62. The number of nitrogens with zero attached hydrogens (tertiary/aromatic N) is 2. The van der Waals surface area contributed by atoms with Gasteiger partial charge in [0.25, 0.3) is 0 Å². The van der Waals surface area contributed by atoms with Crippen LogP contribution in [0.3, 0.4) is 0 Å². The number of nitrogen functional groups attached to an aromatic ring is 1. The highest BCUT2D eigenvalue weighted by Gasteiger charge is 2.22. The summed E-state index contributed by atoms with van der Waals surface area (Å²) in [5.41, 5.74) is 6.95. The molecular weight excluding hydrogens is 233 g/mol. The number of hydrogen-bond donors (Lipinski definition) is 1. The molecule has 1 aromatic heterocycles. The third kappa shape index (κ3) is 2.06. The van der Waals surface area contributed by atoms with Crippen LogP contribution in [0, 0.1) is 11.7 Å². The van der Waals surface area contributed by atoms with Crippen LogP contribution in [0.15, 0.2) is 18.2 Å². The van der Waals surface area contributed by atoms with E-state index in [2.05, 4.69) is 18.8 Å². The van der Waals surface area contributed by atoms with Crippen LogP contribution in [0.4, 0.5) is 10.3 Å². The van der Waals surface area contributed by atoms with Crippen molar-refractivity contribution in [3.05, 3.63) is 24.0 Å². The van der Waals surface area contributed by atoms with Gasteiger partial charge in [0.15, 0.2) is 0 Å². The number of imidazole rings is 1. The Balaban J connectivity index is 2.64. The van der Waals surface area contributed by atoms with Gasteiger partial charge in [0, 0.05) is 7.11 Å². The monoisotopic (exact) mass is 251 g/mol. The van der Waals surface area contributed by atoms with Crippen LogP contribution in [0.2, 0.25) is 0 Å². The number of rotatable bonds is 4. The predicted molar refractivity (Wildman–Crippen MR) is 69.9 cm³/mol. The molecule has 2 aromatic rings. The third-order valence-electron chi connectivity index (χ3n) is 3.13. The number of anilines is 1. The van der Waals surface area contributed by atoms with Crippen molar-refractivity contribution in [1.82, 2.24) is 9.55 Å². The summed E-state index contributed by atoms with van der Waals surface area (Å²) in [7, 11) is 1.63. The summed E-state index contributed by atoms with van der Waals surface area (Å²) in [5, 5.41) is 0. The number of halogens is 1. The molecule has 4 nitrogen and oxygen atoms in total. The lowest BCUT2D eigenvalue weighted by molar-refractivity contribution is 0.136. The summed E-state index contributed by atoms with van der Waals surface area (Å²) < 4.78 is 20.9. The first-order chi connectivity index (χ1) is 8.56. The van der Waals surface area contributed by atoms with Crippen molar-refractivity contribution in [2.75, 3.05) is 19.5 Å². The standard InChI is InChI=1S/C13H18FN3O/c1-8(2)11(7-18-3)17-12-9(14)5-4-6-10(12)16-13(17)15/h4-6,8,11H,7H2,1-3H3,(H2,15,16). The molecule has 5 heteroatoms. The number of fused-ring (bicyclic) bond motifs is 1. The molecule has 1 aromatic carbocycles. The van der Waals surface area contributed by atoms with E-state index in [1.54, 1.807) is 23.8 Å². The second-order valence-corrected chi connectivity index (χ2v) is 4.71. The topological polar surface area (TPSA) is 53.1 Å². The summed E-state index contributed by atoms with van der Waals surface area (Å²) in [6.07, 6.45) is 0. The smallest absolute Gasteiger partial charge is 0.201 e. The minimum Gasteiger partial charge on any atom is -0.383 e. The van der Waals surface area contributed by atoms with Gasteiger partial charge in [-0.25, -0.2) is 9.37 Å². The highest BCUT2D eigenvalue weighted by atomic mass is 19.1. The van der Waals surface area contributed by atoms with E-state index >= 15 is 0 Å². The van der Waals surface area contributed by atoms with E-state index in [-0.39, 0.29) is 17.8 Å². The first-order valence-electron chi connectivity index (χ1n) is 5.97. The molecule has 0 aliphatic rings. The Morgan fingerprint density at radius 3 is 2.78 bits per heavy atom. The number of benzene rings is 1. The molecule has 98 valence electrons. The number of ether oxygens (including phenoxy) is 1. The fraction of sp³-hybridized carbons (Fsp3) is 0.462. The van der Waals surface area contributed by atoms with Crippen LogP contribution in [-0.2, 0) is 4.74 Å². The van der Waals surface area contributed by atoms with Gasteiger partial charge in [-0.3, -0.25) is 0 Å². The van der Waals surface area contributed by atoms with Crippen molar-refractivity contribution >= 4 is 17.0 Å². The molecule has 0 saturated heterocycles. The second kappa shape index (κ2) is 4.94. The largest absolute Gasteiger partial charge is 0.383 e. The van der Waals surface area contributed by atoms with Crippen LogP contribution in [0.25, 0.3) is 11.0 Å². The zero-order valence-electron chi connectivity index (χ0n) is 10.9. The van der Waals surface area contributed by atoms with E-state index in [1.807, 2.05) is 0 Å². The maximum absolute atomic E-state index is 14.0. The lowest BCUT2D eigenvalue weighted by Crippen LogP contribution is -2.22. The molecule has 0 aliphatic carbocycles. The SMILES string of the molecule is COCC(C(C)C)n1c(N)nc2cccc(F)c21. The maximum Gasteiger partial charge on any atom is 0.201 e. The zero-order chi connectivity index (χ0) is 13.3. The molecule has 18 heavy (non-hydrogen) atoms. The van der Waals surface area contributed by atoms with Crippen LogP contribution >= 0.6 is 0 Å². The lowest BCUT2D eigenvalue weighted by atomic mass is 10.0. The Labute approximate surface area is 106 Å². The average molecular weight is 251 g/mol. The van der Waals surface area contributed by atoms with Crippen molar-refractivity contribution in [2.45, 2.75) is 19.9 Å². The van der Waals surface area contributed by atoms with Crippen LogP contribution in [-0.4, -0.2) is 23.3 Å². The molecule has 0 radical (unpaired) electrons. The fourth-order valence-electron chi connectivity index (χ4n) is 2.20. The molecule has 0 spiro atoms. The van der Waals surface area contributed by atoms with Gasteiger partial charge in [-0.1, -0.05) is 19.9 Å². The molecule has 0 amide bonds. The summed E-state index contributed by atoms with van der Waals surface area (Å²) in [6.45, 7) is 4.58. The van der Waals surface area contributed by atoms with Crippen molar-refractivity contribution in [3.8, 4) is 0 Å². The van der Waals surface area contributed by atoms with Crippen LogP contribution in [0.5, 0.6) is 0 Å². The molecule has 0 fully saturated rings. The highest BCUT2D eigenvalue weighted by molar-refractivity contribution is 5.79. The fourth-order valence-corrected chi connectivity index (χ4v) is 2.20. The summed E-state index contributed by atoms with van der Waals surface area (Å²) in [4.78, 5) is 4.20. The van der Waals surface area contributed by atoms with Crippen molar-refractivity contribution < 1.29 is 9.13 Å². The Morgan fingerprint density at radius 1 is 1.44 bits per heavy atom. The number of hydrogen-bond acceptors (Lipinski definition) is 3. The van der Waals surface area contributed by atoms with E-state index in [0.717, 1.165) is 0 Å². The van der Waals surface area contributed by atoms with Crippen molar-refractivity contribution in [1.29, 1.82) is 0 Å². The maximum atomic E-state index is 14.0. The average Bonchev–Trinajstić information content (AvgIpc) is 2.63. The van der Waals surface area contributed by atoms with E-state index in [9.17, 15) is 4.39 Å². The predicted octanol–water partition coefficient (Wildman–Crippen LogP) is 2.60. The summed E-state index contributed by atoms with van der Waals surface area (Å²) in [6, 6.07) is 4.78. The molecule has 2 N–H and O–H groups in total. The van der Waals surface area contributed by atoms with Gasteiger partial charge in [0.2, 0.25) is 5.95 Å². The molecule has 1 unspecified atom stereocenters. The molecule has 0 aliphatic heterocycles. The summed E-state index contributed by atoms with van der Waals surface area (Å²) >= 11 is 0. The van der Waals surface area contributed by atoms with Gasteiger partial charge in [0.05, 0.1) is 18.2 Å².